The number of esters is 2. The van der Waals surface area contributed by atoms with Crippen molar-refractivity contribution in [1.82, 2.24) is 0 Å². The Labute approximate surface area is 153 Å². The summed E-state index contributed by atoms with van der Waals surface area (Å²) in [7, 11) is 0. The molecule has 6 heteroatoms. The molecule has 26 heavy (non-hydrogen) atoms. The maximum Gasteiger partial charge on any atom is 0.334 e. The van der Waals surface area contributed by atoms with E-state index in [2.05, 4.69) is 6.58 Å². The lowest BCUT2D eigenvalue weighted by atomic mass is 9.85. The first-order valence-electron chi connectivity index (χ1n) is 8.89. The van der Waals surface area contributed by atoms with Crippen molar-refractivity contribution in [3.05, 3.63) is 35.5 Å². The van der Waals surface area contributed by atoms with Gasteiger partial charge in [0.15, 0.2) is 0 Å². The Morgan fingerprint density at radius 3 is 2.85 bits per heavy atom. The van der Waals surface area contributed by atoms with Crippen LogP contribution in [0.15, 0.2) is 35.5 Å². The van der Waals surface area contributed by atoms with Gasteiger partial charge in [0.25, 0.3) is 0 Å². The Morgan fingerprint density at radius 2 is 2.23 bits per heavy atom. The molecule has 0 bridgehead atoms. The van der Waals surface area contributed by atoms with Crippen LogP contribution in [0, 0.1) is 11.8 Å². The number of aldehydes is 1. The fourth-order valence-electron chi connectivity index (χ4n) is 3.09. The molecule has 0 spiro atoms. The summed E-state index contributed by atoms with van der Waals surface area (Å²) in [6, 6.07) is 0. The maximum absolute atomic E-state index is 12.3. The average Bonchev–Trinajstić information content (AvgIpc) is 2.89. The third kappa shape index (κ3) is 4.30. The fraction of sp³-hybridized carbons (Fsp3) is 0.550. The van der Waals surface area contributed by atoms with Crippen LogP contribution in [0.5, 0.6) is 0 Å². The quantitative estimate of drug-likeness (QED) is 0.357. The number of hydrogen-bond donors (Lipinski definition) is 1. The molecule has 1 aliphatic heterocycles. The molecule has 1 heterocycles. The van der Waals surface area contributed by atoms with Crippen LogP contribution in [0.2, 0.25) is 0 Å². The van der Waals surface area contributed by atoms with Crippen LogP contribution in [0.3, 0.4) is 0 Å². The van der Waals surface area contributed by atoms with E-state index >= 15 is 0 Å². The van der Waals surface area contributed by atoms with Crippen molar-refractivity contribution in [3.63, 3.8) is 0 Å². The number of aliphatic hydroxyl groups excluding tert-OH is 1. The molecule has 0 aromatic rings. The summed E-state index contributed by atoms with van der Waals surface area (Å²) in [5.41, 5.74) is 1.24. The lowest BCUT2D eigenvalue weighted by molar-refractivity contribution is -0.156. The average molecular weight is 362 g/mol. The SMILES string of the molecule is C=C1C(=O)O[C@@H]2/C=C(/C)[C@H](O)C/C=C(/C=O)C[C@@H](OC(=O)[C@H](C)CC)[C@@H]12. The minimum Gasteiger partial charge on any atom is -0.461 e. The first-order chi connectivity index (χ1) is 12.3. The minimum absolute atomic E-state index is 0.141. The molecule has 0 radical (unpaired) electrons. The highest BCUT2D eigenvalue weighted by Gasteiger charge is 2.45. The zero-order valence-electron chi connectivity index (χ0n) is 15.4. The van der Waals surface area contributed by atoms with Crippen molar-refractivity contribution in [2.24, 2.45) is 11.8 Å². The topological polar surface area (TPSA) is 89.9 Å². The molecule has 142 valence electrons. The van der Waals surface area contributed by atoms with Gasteiger partial charge in [-0.3, -0.25) is 9.59 Å². The Morgan fingerprint density at radius 1 is 1.54 bits per heavy atom. The summed E-state index contributed by atoms with van der Waals surface area (Å²) in [5, 5.41) is 10.2. The zero-order valence-corrected chi connectivity index (χ0v) is 15.4. The van der Waals surface area contributed by atoms with E-state index in [-0.39, 0.29) is 30.3 Å². The number of hydrogen-bond acceptors (Lipinski definition) is 6. The predicted octanol–water partition coefficient (Wildman–Crippen LogP) is 2.27. The summed E-state index contributed by atoms with van der Waals surface area (Å²) in [5.74, 6) is -1.83. The second-order valence-corrected chi connectivity index (χ2v) is 6.97. The van der Waals surface area contributed by atoms with Crippen LogP contribution in [0.25, 0.3) is 0 Å². The van der Waals surface area contributed by atoms with Crippen LogP contribution in [-0.2, 0) is 23.9 Å². The third-order valence-corrected chi connectivity index (χ3v) is 5.09. The normalized spacial score (nSPS) is 34.5. The smallest absolute Gasteiger partial charge is 0.334 e. The molecule has 0 unspecified atom stereocenters. The highest BCUT2D eigenvalue weighted by molar-refractivity contribution is 5.91. The monoisotopic (exact) mass is 362 g/mol. The molecular weight excluding hydrogens is 336 g/mol. The lowest BCUT2D eigenvalue weighted by Crippen LogP contribution is -2.35. The molecule has 0 aromatic carbocycles. The molecule has 1 aliphatic carbocycles. The summed E-state index contributed by atoms with van der Waals surface area (Å²) >= 11 is 0. The molecule has 2 rings (SSSR count). The van der Waals surface area contributed by atoms with Crippen LogP contribution in [-0.4, -0.2) is 41.6 Å². The summed E-state index contributed by atoms with van der Waals surface area (Å²) in [6.45, 7) is 9.18. The summed E-state index contributed by atoms with van der Waals surface area (Å²) in [6.07, 6.45) is 2.81. The number of ether oxygens (including phenoxy) is 2. The van der Waals surface area contributed by atoms with Gasteiger partial charge < -0.3 is 14.6 Å². The summed E-state index contributed by atoms with van der Waals surface area (Å²) < 4.78 is 11.0. The highest BCUT2D eigenvalue weighted by atomic mass is 16.6. The van der Waals surface area contributed by atoms with E-state index in [1.54, 1.807) is 26.0 Å². The Hall–Kier alpha value is -2.21. The highest BCUT2D eigenvalue weighted by Crippen LogP contribution is 2.36. The molecule has 1 fully saturated rings. The van der Waals surface area contributed by atoms with Crippen molar-refractivity contribution in [2.45, 2.75) is 58.3 Å². The molecule has 5 atom stereocenters. The number of rotatable bonds is 4. The molecular formula is C20H26O6. The standard InChI is InChI=1S/C20H26O6/c1-5-11(2)19(23)25-17-9-14(10-21)6-7-15(22)12(3)8-16-18(17)13(4)20(24)26-16/h6,8,10-11,15-18,22H,4-5,7,9H2,1-3H3/b12-8-,14-6+/t11-,15-,16-,17-,18+/m1/s1. The van der Waals surface area contributed by atoms with Crippen molar-refractivity contribution >= 4 is 18.2 Å². The molecule has 0 amide bonds. The first kappa shape index (κ1) is 20.1. The van der Waals surface area contributed by atoms with Gasteiger partial charge in [0, 0.05) is 12.0 Å². The van der Waals surface area contributed by atoms with E-state index in [4.69, 9.17) is 9.47 Å². The number of carbonyl (C=O) groups excluding carboxylic acids is 3. The molecule has 1 N–H and O–H groups in total. The van der Waals surface area contributed by atoms with Gasteiger partial charge in [-0.25, -0.2) is 4.79 Å². The van der Waals surface area contributed by atoms with Gasteiger partial charge in [-0.05, 0) is 37.0 Å². The number of carbonyl (C=O) groups is 3. The molecule has 2 aliphatic rings. The van der Waals surface area contributed by atoms with Crippen molar-refractivity contribution in [1.29, 1.82) is 0 Å². The van der Waals surface area contributed by atoms with Crippen LogP contribution >= 0.6 is 0 Å². The van der Waals surface area contributed by atoms with Gasteiger partial charge in [-0.2, -0.15) is 0 Å². The second-order valence-electron chi connectivity index (χ2n) is 6.97. The van der Waals surface area contributed by atoms with Crippen molar-refractivity contribution < 1.29 is 29.0 Å². The van der Waals surface area contributed by atoms with Gasteiger partial charge in [0.1, 0.15) is 18.5 Å². The van der Waals surface area contributed by atoms with Gasteiger partial charge in [-0.15, -0.1) is 0 Å². The molecule has 1 saturated heterocycles. The van der Waals surface area contributed by atoms with E-state index in [1.807, 2.05) is 6.92 Å². The Bertz CT molecular complexity index is 659. The van der Waals surface area contributed by atoms with Crippen LogP contribution < -0.4 is 0 Å². The molecule has 0 aromatic heterocycles. The van der Waals surface area contributed by atoms with Crippen molar-refractivity contribution in [3.8, 4) is 0 Å². The minimum atomic E-state index is -0.780. The largest absolute Gasteiger partial charge is 0.461 e. The number of fused-ring (bicyclic) bond motifs is 1. The van der Waals surface area contributed by atoms with Gasteiger partial charge in [0.2, 0.25) is 0 Å². The zero-order chi connectivity index (χ0) is 19.4. The van der Waals surface area contributed by atoms with E-state index in [1.165, 1.54) is 0 Å². The van der Waals surface area contributed by atoms with E-state index in [0.717, 1.165) is 0 Å². The van der Waals surface area contributed by atoms with Crippen LogP contribution in [0.1, 0.15) is 40.0 Å². The summed E-state index contributed by atoms with van der Waals surface area (Å²) in [4.78, 5) is 35.8. The maximum atomic E-state index is 12.3. The van der Waals surface area contributed by atoms with Gasteiger partial charge in [0.05, 0.1) is 17.9 Å². The lowest BCUT2D eigenvalue weighted by Gasteiger charge is -2.28. The Kier molecular flexibility index (Phi) is 6.53. The third-order valence-electron chi connectivity index (χ3n) is 5.09. The molecule has 0 saturated carbocycles. The van der Waals surface area contributed by atoms with Crippen molar-refractivity contribution in [2.75, 3.05) is 0 Å². The predicted molar refractivity (Wildman–Crippen MR) is 95.0 cm³/mol. The molecule has 6 nitrogen and oxygen atoms in total. The number of aliphatic hydroxyl groups is 1. The van der Waals surface area contributed by atoms with Crippen LogP contribution in [0.4, 0.5) is 0 Å². The van der Waals surface area contributed by atoms with E-state index in [9.17, 15) is 19.5 Å². The van der Waals surface area contributed by atoms with E-state index in [0.29, 0.717) is 23.9 Å². The van der Waals surface area contributed by atoms with Gasteiger partial charge >= 0.3 is 11.9 Å². The first-order valence-corrected chi connectivity index (χ1v) is 8.89. The van der Waals surface area contributed by atoms with Gasteiger partial charge in [-0.1, -0.05) is 26.5 Å². The van der Waals surface area contributed by atoms with E-state index < -0.39 is 30.2 Å². The second kappa shape index (κ2) is 8.45. The Balaban J connectivity index is 2.43. The fourth-order valence-corrected chi connectivity index (χ4v) is 3.09.